The van der Waals surface area contributed by atoms with Gasteiger partial charge in [0, 0.05) is 6.54 Å². The maximum Gasteiger partial charge on any atom is 0.309 e. The summed E-state index contributed by atoms with van der Waals surface area (Å²) in [4.78, 5) is 13.2. The first kappa shape index (κ1) is 8.53. The van der Waals surface area contributed by atoms with E-state index in [0.717, 1.165) is 19.6 Å². The molecule has 0 saturated carbocycles. The number of hydrogen-bond donors (Lipinski definition) is 0. The van der Waals surface area contributed by atoms with Crippen LogP contribution in [0.5, 0.6) is 0 Å². The minimum atomic E-state index is -0.100. The van der Waals surface area contributed by atoms with Gasteiger partial charge in [0.05, 0.1) is 13.0 Å². The number of likely N-dealkylation sites (tertiary alicyclic amines) is 1. The van der Waals surface area contributed by atoms with Crippen molar-refractivity contribution < 1.29 is 9.53 Å². The molecule has 11 heavy (non-hydrogen) atoms. The summed E-state index contributed by atoms with van der Waals surface area (Å²) >= 11 is 0. The normalized spacial score (nSPS) is 20.5. The Morgan fingerprint density at radius 1 is 1.64 bits per heavy atom. The predicted molar refractivity (Wildman–Crippen MR) is 42.2 cm³/mol. The summed E-state index contributed by atoms with van der Waals surface area (Å²) in [5, 5.41) is 0. The lowest BCUT2D eigenvalue weighted by atomic mass is 10.1. The van der Waals surface area contributed by atoms with Gasteiger partial charge in [-0.25, -0.2) is 0 Å². The molecule has 0 radical (unpaired) electrons. The Morgan fingerprint density at radius 3 is 2.64 bits per heavy atom. The van der Waals surface area contributed by atoms with Crippen molar-refractivity contribution in [3.63, 3.8) is 0 Å². The molecule has 0 amide bonds. The zero-order valence-electron chi connectivity index (χ0n) is 7.17. The molecule has 0 bridgehead atoms. The lowest BCUT2D eigenvalue weighted by Gasteiger charge is -2.32. The molecule has 1 aliphatic heterocycles. The van der Waals surface area contributed by atoms with Gasteiger partial charge in [-0.3, -0.25) is 4.79 Å². The van der Waals surface area contributed by atoms with Gasteiger partial charge in [-0.1, -0.05) is 6.92 Å². The fourth-order valence-corrected chi connectivity index (χ4v) is 1.23. The van der Waals surface area contributed by atoms with Crippen LogP contribution in [0.3, 0.4) is 0 Å². The molecule has 0 N–H and O–H groups in total. The van der Waals surface area contributed by atoms with Crippen LogP contribution in [0.1, 0.15) is 13.3 Å². The van der Waals surface area contributed by atoms with Crippen molar-refractivity contribution in [2.45, 2.75) is 13.3 Å². The smallest absolute Gasteiger partial charge is 0.309 e. The standard InChI is InChI=1S/C8H15NO2/c1-7(8(10)11-2)6-9-4-3-5-9/h7H,3-6H2,1-2H3. The predicted octanol–water partition coefficient (Wildman–Crippen LogP) is 0.501. The average molecular weight is 157 g/mol. The van der Waals surface area contributed by atoms with Crippen molar-refractivity contribution in [3.8, 4) is 0 Å². The van der Waals surface area contributed by atoms with Crippen molar-refractivity contribution in [2.24, 2.45) is 5.92 Å². The SMILES string of the molecule is COC(=O)C(C)CN1CCC1. The molecule has 3 nitrogen and oxygen atoms in total. The second kappa shape index (κ2) is 3.72. The van der Waals surface area contributed by atoms with Crippen molar-refractivity contribution in [3.05, 3.63) is 0 Å². The van der Waals surface area contributed by atoms with Crippen LogP contribution < -0.4 is 0 Å². The lowest BCUT2D eigenvalue weighted by molar-refractivity contribution is -0.145. The van der Waals surface area contributed by atoms with Gasteiger partial charge in [0.25, 0.3) is 0 Å². The van der Waals surface area contributed by atoms with Gasteiger partial charge in [-0.05, 0) is 19.5 Å². The molecule has 0 aromatic rings. The maximum atomic E-state index is 10.9. The van der Waals surface area contributed by atoms with Crippen LogP contribution in [0.15, 0.2) is 0 Å². The Hall–Kier alpha value is -0.570. The minimum Gasteiger partial charge on any atom is -0.469 e. The van der Waals surface area contributed by atoms with E-state index in [4.69, 9.17) is 0 Å². The maximum absolute atomic E-state index is 10.9. The van der Waals surface area contributed by atoms with E-state index >= 15 is 0 Å². The number of nitrogens with zero attached hydrogens (tertiary/aromatic N) is 1. The van der Waals surface area contributed by atoms with E-state index in [0.29, 0.717) is 0 Å². The van der Waals surface area contributed by atoms with Crippen LogP contribution in [0.25, 0.3) is 0 Å². The Morgan fingerprint density at radius 2 is 2.27 bits per heavy atom. The number of esters is 1. The van der Waals surface area contributed by atoms with Crippen LogP contribution in [0.4, 0.5) is 0 Å². The first-order valence-electron chi connectivity index (χ1n) is 4.04. The Balaban J connectivity index is 2.18. The highest BCUT2D eigenvalue weighted by Gasteiger charge is 2.20. The molecule has 1 heterocycles. The van der Waals surface area contributed by atoms with E-state index in [1.54, 1.807) is 0 Å². The van der Waals surface area contributed by atoms with E-state index in [9.17, 15) is 4.79 Å². The number of rotatable bonds is 3. The largest absolute Gasteiger partial charge is 0.469 e. The molecular formula is C8H15NO2. The van der Waals surface area contributed by atoms with Gasteiger partial charge in [-0.2, -0.15) is 0 Å². The van der Waals surface area contributed by atoms with Crippen molar-refractivity contribution in [1.82, 2.24) is 4.90 Å². The lowest BCUT2D eigenvalue weighted by Crippen LogP contribution is -2.41. The van der Waals surface area contributed by atoms with Gasteiger partial charge in [0.15, 0.2) is 0 Å². The van der Waals surface area contributed by atoms with E-state index in [1.165, 1.54) is 13.5 Å². The van der Waals surface area contributed by atoms with Crippen molar-refractivity contribution in [2.75, 3.05) is 26.7 Å². The quantitative estimate of drug-likeness (QED) is 0.559. The number of methoxy groups -OCH3 is 1. The van der Waals surface area contributed by atoms with Crippen LogP contribution in [0.2, 0.25) is 0 Å². The molecule has 0 spiro atoms. The molecule has 1 atom stereocenters. The van der Waals surface area contributed by atoms with E-state index < -0.39 is 0 Å². The van der Waals surface area contributed by atoms with Crippen molar-refractivity contribution >= 4 is 5.97 Å². The second-order valence-corrected chi connectivity index (χ2v) is 3.08. The summed E-state index contributed by atoms with van der Waals surface area (Å²) < 4.78 is 4.62. The van der Waals surface area contributed by atoms with Gasteiger partial charge in [0.2, 0.25) is 0 Å². The van der Waals surface area contributed by atoms with Gasteiger partial charge < -0.3 is 9.64 Å². The summed E-state index contributed by atoms with van der Waals surface area (Å²) in [5.74, 6) is -0.0720. The van der Waals surface area contributed by atoms with Crippen LogP contribution in [-0.4, -0.2) is 37.6 Å². The highest BCUT2D eigenvalue weighted by molar-refractivity contribution is 5.72. The Bertz CT molecular complexity index is 143. The van der Waals surface area contributed by atoms with Gasteiger partial charge >= 0.3 is 5.97 Å². The van der Waals surface area contributed by atoms with E-state index in [2.05, 4.69) is 9.64 Å². The Labute approximate surface area is 67.3 Å². The van der Waals surface area contributed by atoms with Gasteiger partial charge in [0.1, 0.15) is 0 Å². The highest BCUT2D eigenvalue weighted by Crippen LogP contribution is 2.09. The molecule has 1 saturated heterocycles. The summed E-state index contributed by atoms with van der Waals surface area (Å²) in [5.41, 5.74) is 0. The monoisotopic (exact) mass is 157 g/mol. The zero-order chi connectivity index (χ0) is 8.27. The fraction of sp³-hybridized carbons (Fsp3) is 0.875. The molecule has 1 aliphatic rings. The van der Waals surface area contributed by atoms with Crippen LogP contribution in [0, 0.1) is 5.92 Å². The molecule has 0 aromatic carbocycles. The second-order valence-electron chi connectivity index (χ2n) is 3.08. The van der Waals surface area contributed by atoms with E-state index in [1.807, 2.05) is 6.92 Å². The molecule has 1 fully saturated rings. The zero-order valence-corrected chi connectivity index (χ0v) is 7.17. The summed E-state index contributed by atoms with van der Waals surface area (Å²) in [6.07, 6.45) is 1.27. The summed E-state index contributed by atoms with van der Waals surface area (Å²) in [6, 6.07) is 0. The number of carbonyl (C=O) groups is 1. The third kappa shape index (κ3) is 2.19. The van der Waals surface area contributed by atoms with Crippen molar-refractivity contribution in [1.29, 1.82) is 0 Å². The third-order valence-electron chi connectivity index (χ3n) is 2.08. The van der Waals surface area contributed by atoms with Crippen LogP contribution >= 0.6 is 0 Å². The minimum absolute atomic E-state index is 0.0281. The van der Waals surface area contributed by atoms with Gasteiger partial charge in [-0.15, -0.1) is 0 Å². The molecule has 3 heteroatoms. The number of carbonyl (C=O) groups excluding carboxylic acids is 1. The first-order chi connectivity index (χ1) is 5.24. The molecule has 1 rings (SSSR count). The topological polar surface area (TPSA) is 29.5 Å². The summed E-state index contributed by atoms with van der Waals surface area (Å²) in [7, 11) is 1.44. The van der Waals surface area contributed by atoms with Crippen LogP contribution in [-0.2, 0) is 9.53 Å². The Kier molecular flexibility index (Phi) is 2.88. The summed E-state index contributed by atoms with van der Waals surface area (Å²) in [6.45, 7) is 5.04. The number of ether oxygens (including phenoxy) is 1. The van der Waals surface area contributed by atoms with E-state index in [-0.39, 0.29) is 11.9 Å². The first-order valence-corrected chi connectivity index (χ1v) is 4.04. The molecule has 0 aliphatic carbocycles. The molecule has 0 aromatic heterocycles. The highest BCUT2D eigenvalue weighted by atomic mass is 16.5. The number of hydrogen-bond acceptors (Lipinski definition) is 3. The molecular weight excluding hydrogens is 142 g/mol. The average Bonchev–Trinajstić information content (AvgIpc) is 1.94. The molecule has 64 valence electrons. The fourth-order valence-electron chi connectivity index (χ4n) is 1.23. The third-order valence-corrected chi connectivity index (χ3v) is 2.08. The molecule has 1 unspecified atom stereocenters.